The van der Waals surface area contributed by atoms with Gasteiger partial charge in [-0.2, -0.15) is 0 Å². The van der Waals surface area contributed by atoms with Gasteiger partial charge in [-0.25, -0.2) is 0 Å². The quantitative estimate of drug-likeness (QED) is 0.849. The number of thiocarbonyl (C=S) groups is 1. The van der Waals surface area contributed by atoms with E-state index in [1.165, 1.54) is 0 Å². The minimum atomic E-state index is 0.348. The molecule has 2 aromatic rings. The second kappa shape index (κ2) is 6.78. The Morgan fingerprint density at radius 3 is 2.62 bits per heavy atom. The molecule has 0 aliphatic rings. The van der Waals surface area contributed by atoms with Gasteiger partial charge in [0.2, 0.25) is 0 Å². The molecule has 110 valence electrons. The van der Waals surface area contributed by atoms with Gasteiger partial charge in [-0.3, -0.25) is 0 Å². The van der Waals surface area contributed by atoms with Crippen LogP contribution in [0.4, 0.5) is 0 Å². The summed E-state index contributed by atoms with van der Waals surface area (Å²) >= 11 is 11.0. The number of aryl methyl sites for hydroxylation is 1. The molecule has 0 unspecified atom stereocenters. The lowest BCUT2D eigenvalue weighted by molar-refractivity contribution is 0.296. The Bertz CT molecular complexity index is 673. The highest BCUT2D eigenvalue weighted by atomic mass is 35.5. The summed E-state index contributed by atoms with van der Waals surface area (Å²) in [7, 11) is 1.62. The number of hydrogen-bond acceptors (Lipinski definition) is 3. The highest BCUT2D eigenvalue weighted by molar-refractivity contribution is 7.80. The SMILES string of the molecule is COc1ccc(C(N)=S)cc1COc1ccc(Cl)c(C)c1. The standard InChI is InChI=1S/C16H16ClNO2S/c1-10-7-13(4-5-14(10)17)20-9-12-8-11(16(18)21)3-6-15(12)19-2/h3-8H,9H2,1-2H3,(H2,18,21). The van der Waals surface area contributed by atoms with Crippen LogP contribution in [0.1, 0.15) is 16.7 Å². The van der Waals surface area contributed by atoms with E-state index in [-0.39, 0.29) is 0 Å². The van der Waals surface area contributed by atoms with Crippen LogP contribution in [0.3, 0.4) is 0 Å². The molecule has 2 rings (SSSR count). The van der Waals surface area contributed by atoms with Gasteiger partial charge in [0.25, 0.3) is 0 Å². The van der Waals surface area contributed by atoms with Crippen LogP contribution >= 0.6 is 23.8 Å². The van der Waals surface area contributed by atoms with E-state index in [4.69, 9.17) is 39.0 Å². The average molecular weight is 322 g/mol. The van der Waals surface area contributed by atoms with Crippen LogP contribution in [-0.4, -0.2) is 12.1 Å². The fourth-order valence-corrected chi connectivity index (χ4v) is 2.16. The number of hydrogen-bond donors (Lipinski definition) is 1. The van der Waals surface area contributed by atoms with Crippen molar-refractivity contribution in [3.63, 3.8) is 0 Å². The highest BCUT2D eigenvalue weighted by Gasteiger charge is 2.07. The number of benzene rings is 2. The third kappa shape index (κ3) is 3.86. The smallest absolute Gasteiger partial charge is 0.125 e. The molecule has 0 atom stereocenters. The third-order valence-electron chi connectivity index (χ3n) is 3.09. The maximum Gasteiger partial charge on any atom is 0.125 e. The lowest BCUT2D eigenvalue weighted by Crippen LogP contribution is -2.10. The van der Waals surface area contributed by atoms with Crippen LogP contribution in [0.2, 0.25) is 5.02 Å². The largest absolute Gasteiger partial charge is 0.496 e. The minimum absolute atomic E-state index is 0.348. The zero-order valence-corrected chi connectivity index (χ0v) is 13.4. The van der Waals surface area contributed by atoms with E-state index in [0.29, 0.717) is 11.6 Å². The van der Waals surface area contributed by atoms with Gasteiger partial charge in [-0.1, -0.05) is 23.8 Å². The van der Waals surface area contributed by atoms with E-state index in [2.05, 4.69) is 0 Å². The first kappa shape index (κ1) is 15.6. The summed E-state index contributed by atoms with van der Waals surface area (Å²) in [6.45, 7) is 2.30. The molecule has 0 bridgehead atoms. The van der Waals surface area contributed by atoms with Crippen LogP contribution in [-0.2, 0) is 6.61 Å². The number of ether oxygens (including phenoxy) is 2. The molecule has 0 amide bonds. The zero-order valence-electron chi connectivity index (χ0n) is 11.9. The Kier molecular flexibility index (Phi) is 5.04. The molecule has 0 heterocycles. The second-order valence-electron chi connectivity index (χ2n) is 4.59. The summed E-state index contributed by atoms with van der Waals surface area (Å²) in [5.41, 5.74) is 8.30. The van der Waals surface area contributed by atoms with Crippen molar-refractivity contribution in [2.45, 2.75) is 13.5 Å². The Hall–Kier alpha value is -1.78. The summed E-state index contributed by atoms with van der Waals surface area (Å²) in [6, 6.07) is 11.1. The van der Waals surface area contributed by atoms with E-state index in [1.54, 1.807) is 7.11 Å². The van der Waals surface area contributed by atoms with Crippen molar-refractivity contribution in [2.75, 3.05) is 7.11 Å². The van der Waals surface area contributed by atoms with Crippen molar-refractivity contribution in [2.24, 2.45) is 5.73 Å². The van der Waals surface area contributed by atoms with Crippen LogP contribution in [0.15, 0.2) is 36.4 Å². The fourth-order valence-electron chi connectivity index (χ4n) is 1.91. The van der Waals surface area contributed by atoms with Crippen molar-refractivity contribution < 1.29 is 9.47 Å². The molecule has 2 aromatic carbocycles. The molecule has 0 aromatic heterocycles. The maximum atomic E-state index is 6.00. The second-order valence-corrected chi connectivity index (χ2v) is 5.44. The summed E-state index contributed by atoms with van der Waals surface area (Å²) < 4.78 is 11.1. The first-order valence-electron chi connectivity index (χ1n) is 6.37. The zero-order chi connectivity index (χ0) is 15.4. The average Bonchev–Trinajstić information content (AvgIpc) is 2.48. The van der Waals surface area contributed by atoms with Gasteiger partial charge in [0, 0.05) is 16.1 Å². The molecule has 5 heteroatoms. The van der Waals surface area contributed by atoms with Crippen molar-refractivity contribution in [1.29, 1.82) is 0 Å². The van der Waals surface area contributed by atoms with E-state index in [9.17, 15) is 0 Å². The molecule has 0 aliphatic carbocycles. The van der Waals surface area contributed by atoms with Crippen molar-refractivity contribution in [3.05, 3.63) is 58.1 Å². The molecule has 3 nitrogen and oxygen atoms in total. The van der Waals surface area contributed by atoms with Crippen molar-refractivity contribution in [1.82, 2.24) is 0 Å². The van der Waals surface area contributed by atoms with Crippen LogP contribution < -0.4 is 15.2 Å². The maximum absolute atomic E-state index is 6.00. The van der Waals surface area contributed by atoms with Gasteiger partial charge >= 0.3 is 0 Å². The molecule has 0 fully saturated rings. The number of halogens is 1. The number of rotatable bonds is 5. The third-order valence-corrected chi connectivity index (χ3v) is 3.75. The number of methoxy groups -OCH3 is 1. The summed E-state index contributed by atoms with van der Waals surface area (Å²) in [5.74, 6) is 1.49. The summed E-state index contributed by atoms with van der Waals surface area (Å²) in [4.78, 5) is 0.348. The first-order chi connectivity index (χ1) is 10.0. The lowest BCUT2D eigenvalue weighted by atomic mass is 10.1. The van der Waals surface area contributed by atoms with Crippen LogP contribution in [0, 0.1) is 6.92 Å². The van der Waals surface area contributed by atoms with Crippen molar-refractivity contribution >= 4 is 28.8 Å². The predicted octanol–water partition coefficient (Wildman–Crippen LogP) is 3.87. The van der Waals surface area contributed by atoms with Gasteiger partial charge in [0.15, 0.2) is 0 Å². The van der Waals surface area contributed by atoms with E-state index in [1.807, 2.05) is 43.3 Å². The lowest BCUT2D eigenvalue weighted by Gasteiger charge is -2.12. The predicted molar refractivity (Wildman–Crippen MR) is 89.4 cm³/mol. The molecule has 0 saturated heterocycles. The van der Waals surface area contributed by atoms with E-state index < -0.39 is 0 Å². The highest BCUT2D eigenvalue weighted by Crippen LogP contribution is 2.25. The fraction of sp³-hybridized carbons (Fsp3) is 0.188. The first-order valence-corrected chi connectivity index (χ1v) is 7.15. The molecule has 21 heavy (non-hydrogen) atoms. The Balaban J connectivity index is 2.19. The molecular formula is C16H16ClNO2S. The van der Waals surface area contributed by atoms with Gasteiger partial charge in [0.1, 0.15) is 23.1 Å². The van der Waals surface area contributed by atoms with Crippen LogP contribution in [0.5, 0.6) is 11.5 Å². The molecule has 0 aliphatic heterocycles. The minimum Gasteiger partial charge on any atom is -0.496 e. The Morgan fingerprint density at radius 2 is 2.00 bits per heavy atom. The molecule has 2 N–H and O–H groups in total. The number of nitrogens with two attached hydrogens (primary N) is 1. The Morgan fingerprint density at radius 1 is 1.24 bits per heavy atom. The van der Waals surface area contributed by atoms with Crippen molar-refractivity contribution in [3.8, 4) is 11.5 Å². The van der Waals surface area contributed by atoms with Gasteiger partial charge in [-0.15, -0.1) is 0 Å². The van der Waals surface area contributed by atoms with Gasteiger partial charge in [-0.05, 0) is 48.9 Å². The monoisotopic (exact) mass is 321 g/mol. The van der Waals surface area contributed by atoms with Crippen LogP contribution in [0.25, 0.3) is 0 Å². The topological polar surface area (TPSA) is 44.5 Å². The Labute approximate surface area is 134 Å². The molecule has 0 radical (unpaired) electrons. The van der Waals surface area contributed by atoms with Gasteiger partial charge in [0.05, 0.1) is 7.11 Å². The molecule has 0 saturated carbocycles. The summed E-state index contributed by atoms with van der Waals surface area (Å²) in [5, 5.41) is 0.718. The van der Waals surface area contributed by atoms with Gasteiger partial charge < -0.3 is 15.2 Å². The van der Waals surface area contributed by atoms with E-state index >= 15 is 0 Å². The normalized spacial score (nSPS) is 10.2. The van der Waals surface area contributed by atoms with E-state index in [0.717, 1.165) is 33.2 Å². The molecular weight excluding hydrogens is 306 g/mol. The summed E-state index contributed by atoms with van der Waals surface area (Å²) in [6.07, 6.45) is 0. The molecule has 0 spiro atoms.